The van der Waals surface area contributed by atoms with E-state index in [1.165, 1.54) is 45.7 Å². The third kappa shape index (κ3) is 3.92. The summed E-state index contributed by atoms with van der Waals surface area (Å²) in [5.41, 5.74) is 0.260. The maximum Gasteiger partial charge on any atom is 0.0347 e. The molecule has 2 saturated heterocycles. The summed E-state index contributed by atoms with van der Waals surface area (Å²) in [6.07, 6.45) is 1.27. The predicted molar refractivity (Wildman–Crippen MR) is 77.1 cm³/mol. The monoisotopic (exact) mass is 254 g/mol. The maximum atomic E-state index is 3.64. The van der Waals surface area contributed by atoms with Crippen LogP contribution in [0.1, 0.15) is 20.3 Å². The van der Waals surface area contributed by atoms with E-state index in [9.17, 15) is 0 Å². The van der Waals surface area contributed by atoms with Gasteiger partial charge in [0.15, 0.2) is 0 Å². The molecule has 4 heteroatoms. The van der Waals surface area contributed by atoms with Crippen LogP contribution in [0, 0.1) is 0 Å². The van der Waals surface area contributed by atoms with Gasteiger partial charge in [-0.1, -0.05) is 0 Å². The summed E-state index contributed by atoms with van der Waals surface area (Å²) in [4.78, 5) is 7.65. The zero-order valence-corrected chi connectivity index (χ0v) is 12.6. The second kappa shape index (κ2) is 5.87. The quantitative estimate of drug-likeness (QED) is 0.765. The maximum absolute atomic E-state index is 3.64. The molecule has 1 N–H and O–H groups in total. The molecule has 0 aromatic heterocycles. The molecule has 0 radical (unpaired) electrons. The number of nitrogens with one attached hydrogen (secondary N) is 1. The highest BCUT2D eigenvalue weighted by Crippen LogP contribution is 2.14. The lowest BCUT2D eigenvalue weighted by molar-refractivity contribution is 0.0781. The normalized spacial score (nSPS) is 32.3. The third-order valence-electron chi connectivity index (χ3n) is 4.32. The third-order valence-corrected chi connectivity index (χ3v) is 4.32. The molecule has 2 rings (SSSR count). The van der Waals surface area contributed by atoms with E-state index in [2.05, 4.69) is 48.0 Å². The molecule has 2 heterocycles. The minimum atomic E-state index is 0.260. The van der Waals surface area contributed by atoms with Gasteiger partial charge in [-0.3, -0.25) is 9.80 Å². The fraction of sp³-hybridized carbons (Fsp3) is 1.00. The largest absolute Gasteiger partial charge is 0.310 e. The second-order valence-electron chi connectivity index (χ2n) is 6.80. The van der Waals surface area contributed by atoms with Crippen LogP contribution in [0.25, 0.3) is 0 Å². The average Bonchev–Trinajstić information content (AvgIpc) is 2.44. The lowest BCUT2D eigenvalue weighted by atomic mass is 10.0. The molecule has 2 aliphatic rings. The van der Waals surface area contributed by atoms with Gasteiger partial charge in [0.1, 0.15) is 0 Å². The summed E-state index contributed by atoms with van der Waals surface area (Å²) < 4.78 is 0. The molecule has 2 fully saturated rings. The first kappa shape index (κ1) is 14.3. The predicted octanol–water partition coefficient (Wildman–Crippen LogP) is 0.306. The van der Waals surface area contributed by atoms with E-state index in [1.54, 1.807) is 0 Å². The summed E-state index contributed by atoms with van der Waals surface area (Å²) >= 11 is 0. The van der Waals surface area contributed by atoms with Crippen LogP contribution in [0.3, 0.4) is 0 Å². The van der Waals surface area contributed by atoms with Crippen LogP contribution in [-0.2, 0) is 0 Å². The summed E-state index contributed by atoms with van der Waals surface area (Å²) in [5, 5.41) is 3.64. The van der Waals surface area contributed by atoms with Gasteiger partial charge in [-0.25, -0.2) is 0 Å². The molecule has 0 aromatic carbocycles. The van der Waals surface area contributed by atoms with Crippen molar-refractivity contribution >= 4 is 0 Å². The van der Waals surface area contributed by atoms with Gasteiger partial charge in [0.2, 0.25) is 0 Å². The van der Waals surface area contributed by atoms with Crippen molar-refractivity contribution in [2.75, 3.05) is 59.9 Å². The van der Waals surface area contributed by atoms with Crippen LogP contribution in [0.15, 0.2) is 0 Å². The molecular weight excluding hydrogens is 224 g/mol. The van der Waals surface area contributed by atoms with E-state index in [0.29, 0.717) is 6.04 Å². The van der Waals surface area contributed by atoms with Crippen LogP contribution < -0.4 is 5.32 Å². The first-order chi connectivity index (χ1) is 8.46. The zero-order valence-electron chi connectivity index (χ0n) is 12.6. The van der Waals surface area contributed by atoms with Crippen LogP contribution >= 0.6 is 0 Å². The Morgan fingerprint density at radius 2 is 1.94 bits per heavy atom. The number of piperazine rings is 1. The Kier molecular flexibility index (Phi) is 4.64. The number of nitrogens with zero attached hydrogens (tertiary/aromatic N) is 3. The summed E-state index contributed by atoms with van der Waals surface area (Å²) in [6, 6.07) is 0.692. The Bertz CT molecular complexity index is 267. The molecule has 2 aliphatic heterocycles. The Balaban J connectivity index is 1.90. The zero-order chi connectivity index (χ0) is 13.2. The van der Waals surface area contributed by atoms with Crippen molar-refractivity contribution in [2.24, 2.45) is 0 Å². The van der Waals surface area contributed by atoms with Gasteiger partial charge in [-0.05, 0) is 47.5 Å². The number of likely N-dealkylation sites (N-methyl/N-ethyl adjacent to an activating group) is 2. The summed E-state index contributed by atoms with van der Waals surface area (Å²) in [5.74, 6) is 0. The van der Waals surface area contributed by atoms with Gasteiger partial charge in [-0.2, -0.15) is 0 Å². The topological polar surface area (TPSA) is 21.8 Å². The Hall–Kier alpha value is -0.160. The molecule has 4 nitrogen and oxygen atoms in total. The smallest absolute Gasteiger partial charge is 0.0347 e. The first-order valence-electron chi connectivity index (χ1n) is 7.32. The molecule has 18 heavy (non-hydrogen) atoms. The van der Waals surface area contributed by atoms with Crippen LogP contribution in [0.2, 0.25) is 0 Å². The Morgan fingerprint density at radius 3 is 2.72 bits per heavy atom. The molecule has 0 saturated carbocycles. The van der Waals surface area contributed by atoms with Gasteiger partial charge in [0.25, 0.3) is 0 Å². The van der Waals surface area contributed by atoms with Crippen molar-refractivity contribution in [3.05, 3.63) is 0 Å². The minimum Gasteiger partial charge on any atom is -0.310 e. The number of hydrogen-bond donors (Lipinski definition) is 1. The molecule has 0 aromatic rings. The Labute approximate surface area is 112 Å². The molecule has 0 bridgehead atoms. The van der Waals surface area contributed by atoms with Crippen LogP contribution in [0.5, 0.6) is 0 Å². The SMILES string of the molecule is CN1CCN(C)C(CN2CCCNC(C)(C)C2)C1. The standard InChI is InChI=1S/C14H30N4/c1-14(2)12-18(7-5-6-15-14)11-13-10-16(3)8-9-17(13)4/h13,15H,5-12H2,1-4H3. The van der Waals surface area contributed by atoms with E-state index in [4.69, 9.17) is 0 Å². The van der Waals surface area contributed by atoms with Crippen molar-refractivity contribution in [3.63, 3.8) is 0 Å². The molecule has 0 spiro atoms. The van der Waals surface area contributed by atoms with E-state index >= 15 is 0 Å². The minimum absolute atomic E-state index is 0.260. The van der Waals surface area contributed by atoms with Crippen molar-refractivity contribution in [1.82, 2.24) is 20.0 Å². The first-order valence-corrected chi connectivity index (χ1v) is 7.32. The summed E-state index contributed by atoms with van der Waals surface area (Å²) in [7, 11) is 4.52. The lowest BCUT2D eigenvalue weighted by Gasteiger charge is -2.41. The van der Waals surface area contributed by atoms with Crippen LogP contribution in [-0.4, -0.2) is 86.2 Å². The highest BCUT2D eigenvalue weighted by molar-refractivity contribution is 4.88. The second-order valence-corrected chi connectivity index (χ2v) is 6.80. The van der Waals surface area contributed by atoms with Crippen molar-refractivity contribution in [2.45, 2.75) is 31.8 Å². The Morgan fingerprint density at radius 1 is 1.17 bits per heavy atom. The number of hydrogen-bond acceptors (Lipinski definition) is 4. The molecule has 1 unspecified atom stereocenters. The van der Waals surface area contributed by atoms with Gasteiger partial charge in [0, 0.05) is 44.3 Å². The van der Waals surface area contributed by atoms with E-state index in [1.807, 2.05) is 0 Å². The van der Waals surface area contributed by atoms with E-state index in [-0.39, 0.29) is 5.54 Å². The van der Waals surface area contributed by atoms with E-state index < -0.39 is 0 Å². The van der Waals surface area contributed by atoms with Crippen LogP contribution in [0.4, 0.5) is 0 Å². The van der Waals surface area contributed by atoms with E-state index in [0.717, 1.165) is 6.54 Å². The molecule has 0 aliphatic carbocycles. The highest BCUT2D eigenvalue weighted by Gasteiger charge is 2.28. The van der Waals surface area contributed by atoms with Crippen molar-refractivity contribution in [1.29, 1.82) is 0 Å². The highest BCUT2D eigenvalue weighted by atomic mass is 15.3. The van der Waals surface area contributed by atoms with Gasteiger partial charge in [-0.15, -0.1) is 0 Å². The fourth-order valence-corrected chi connectivity index (χ4v) is 3.18. The lowest BCUT2D eigenvalue weighted by Crippen LogP contribution is -2.56. The summed E-state index contributed by atoms with van der Waals surface area (Å²) in [6.45, 7) is 13.0. The number of rotatable bonds is 2. The molecule has 1 atom stereocenters. The van der Waals surface area contributed by atoms with Crippen molar-refractivity contribution < 1.29 is 0 Å². The van der Waals surface area contributed by atoms with Crippen molar-refractivity contribution in [3.8, 4) is 0 Å². The molecule has 0 amide bonds. The van der Waals surface area contributed by atoms with Gasteiger partial charge >= 0.3 is 0 Å². The fourth-order valence-electron chi connectivity index (χ4n) is 3.18. The van der Waals surface area contributed by atoms with Gasteiger partial charge in [0.05, 0.1) is 0 Å². The molecule has 106 valence electrons. The molecular formula is C14H30N4. The average molecular weight is 254 g/mol. The van der Waals surface area contributed by atoms with Gasteiger partial charge < -0.3 is 10.2 Å².